The predicted octanol–water partition coefficient (Wildman–Crippen LogP) is 2.63. The zero-order valence-electron chi connectivity index (χ0n) is 10.2. The van der Waals surface area contributed by atoms with E-state index in [0.29, 0.717) is 6.54 Å². The summed E-state index contributed by atoms with van der Waals surface area (Å²) in [6.07, 6.45) is 3.38. The summed E-state index contributed by atoms with van der Waals surface area (Å²) in [6, 6.07) is 11.9. The minimum atomic E-state index is 0.508. The Morgan fingerprint density at radius 2 is 1.89 bits per heavy atom. The smallest absolute Gasteiger partial charge is 0.117 e. The van der Waals surface area contributed by atoms with Gasteiger partial charge in [-0.3, -0.25) is 0 Å². The molecule has 0 aliphatic carbocycles. The van der Waals surface area contributed by atoms with Gasteiger partial charge in [0, 0.05) is 18.1 Å². The fourth-order valence-electron chi connectivity index (χ4n) is 1.75. The SMILES string of the molecule is NCc1ccc(Sc2ncnc3ccccc23)nc1. The van der Waals surface area contributed by atoms with Gasteiger partial charge in [-0.25, -0.2) is 15.0 Å². The summed E-state index contributed by atoms with van der Waals surface area (Å²) < 4.78 is 0. The van der Waals surface area contributed by atoms with Crippen LogP contribution in [0.2, 0.25) is 0 Å². The molecule has 5 heteroatoms. The van der Waals surface area contributed by atoms with Gasteiger partial charge in [0.15, 0.2) is 0 Å². The summed E-state index contributed by atoms with van der Waals surface area (Å²) in [4.78, 5) is 13.0. The van der Waals surface area contributed by atoms with Crippen LogP contribution in [0.25, 0.3) is 10.9 Å². The van der Waals surface area contributed by atoms with Gasteiger partial charge in [0.05, 0.1) is 5.52 Å². The lowest BCUT2D eigenvalue weighted by atomic mass is 10.2. The molecule has 0 amide bonds. The molecule has 4 nitrogen and oxygen atoms in total. The summed E-state index contributed by atoms with van der Waals surface area (Å²) in [7, 11) is 0. The van der Waals surface area contributed by atoms with Crippen LogP contribution in [-0.2, 0) is 6.54 Å². The first-order valence-corrected chi connectivity index (χ1v) is 6.71. The molecule has 2 aromatic heterocycles. The van der Waals surface area contributed by atoms with Crippen molar-refractivity contribution in [1.29, 1.82) is 0 Å². The van der Waals surface area contributed by atoms with E-state index in [-0.39, 0.29) is 0 Å². The van der Waals surface area contributed by atoms with Gasteiger partial charge in [0.1, 0.15) is 16.4 Å². The highest BCUT2D eigenvalue weighted by Gasteiger charge is 2.05. The van der Waals surface area contributed by atoms with E-state index < -0.39 is 0 Å². The Bertz CT molecular complexity index is 692. The normalized spacial score (nSPS) is 10.8. The zero-order chi connectivity index (χ0) is 13.1. The van der Waals surface area contributed by atoms with Gasteiger partial charge in [-0.1, -0.05) is 24.3 Å². The summed E-state index contributed by atoms with van der Waals surface area (Å²) >= 11 is 1.53. The predicted molar refractivity (Wildman–Crippen MR) is 75.8 cm³/mol. The van der Waals surface area contributed by atoms with E-state index in [2.05, 4.69) is 15.0 Å². The molecule has 0 atom stereocenters. The highest BCUT2D eigenvalue weighted by molar-refractivity contribution is 7.99. The monoisotopic (exact) mass is 268 g/mol. The fraction of sp³-hybridized carbons (Fsp3) is 0.0714. The van der Waals surface area contributed by atoms with Gasteiger partial charge < -0.3 is 5.73 Å². The number of pyridine rings is 1. The van der Waals surface area contributed by atoms with E-state index in [1.54, 1.807) is 12.5 Å². The molecule has 0 bridgehead atoms. The molecule has 0 radical (unpaired) electrons. The summed E-state index contributed by atoms with van der Waals surface area (Å²) in [5, 5.41) is 2.86. The number of para-hydroxylation sites is 1. The van der Waals surface area contributed by atoms with Crippen LogP contribution < -0.4 is 5.73 Å². The Kier molecular flexibility index (Phi) is 3.39. The van der Waals surface area contributed by atoms with E-state index >= 15 is 0 Å². The van der Waals surface area contributed by atoms with Crippen molar-refractivity contribution in [2.45, 2.75) is 16.6 Å². The second-order valence-corrected chi connectivity index (χ2v) is 5.02. The molecule has 2 heterocycles. The van der Waals surface area contributed by atoms with Crippen LogP contribution in [0.15, 0.2) is 59.0 Å². The molecule has 0 unspecified atom stereocenters. The van der Waals surface area contributed by atoms with E-state index in [1.807, 2.05) is 36.4 Å². The Labute approximate surface area is 115 Å². The third kappa shape index (κ3) is 2.57. The third-order valence-corrected chi connectivity index (χ3v) is 3.71. The molecule has 0 aliphatic heterocycles. The standard InChI is InChI=1S/C14H12N4S/c15-7-10-5-6-13(16-8-10)19-14-11-3-1-2-4-12(11)17-9-18-14/h1-6,8-9H,7,15H2. The van der Waals surface area contributed by atoms with Crippen molar-refractivity contribution in [3.8, 4) is 0 Å². The number of nitrogens with zero attached hydrogens (tertiary/aromatic N) is 3. The number of hydrogen-bond acceptors (Lipinski definition) is 5. The number of benzene rings is 1. The van der Waals surface area contributed by atoms with Crippen LogP contribution in [0, 0.1) is 0 Å². The average Bonchev–Trinajstić information content (AvgIpc) is 2.48. The maximum Gasteiger partial charge on any atom is 0.117 e. The Balaban J connectivity index is 1.96. The molecule has 2 N–H and O–H groups in total. The van der Waals surface area contributed by atoms with E-state index in [4.69, 9.17) is 5.73 Å². The highest BCUT2D eigenvalue weighted by Crippen LogP contribution is 2.29. The third-order valence-electron chi connectivity index (χ3n) is 2.74. The summed E-state index contributed by atoms with van der Waals surface area (Å²) in [5.41, 5.74) is 7.53. The van der Waals surface area contributed by atoms with Gasteiger partial charge in [-0.15, -0.1) is 0 Å². The number of hydrogen-bond donors (Lipinski definition) is 1. The number of fused-ring (bicyclic) bond motifs is 1. The lowest BCUT2D eigenvalue weighted by Gasteiger charge is -2.04. The topological polar surface area (TPSA) is 64.7 Å². The molecule has 0 spiro atoms. The lowest BCUT2D eigenvalue weighted by Crippen LogP contribution is -1.96. The van der Waals surface area contributed by atoms with Gasteiger partial charge in [-0.2, -0.15) is 0 Å². The molecule has 1 aromatic carbocycles. The number of nitrogens with two attached hydrogens (primary N) is 1. The Hall–Kier alpha value is -1.98. The molecular weight excluding hydrogens is 256 g/mol. The van der Waals surface area contributed by atoms with Crippen molar-refractivity contribution in [3.63, 3.8) is 0 Å². The van der Waals surface area contributed by atoms with Crippen LogP contribution in [0.1, 0.15) is 5.56 Å². The van der Waals surface area contributed by atoms with Gasteiger partial charge in [-0.05, 0) is 29.5 Å². The largest absolute Gasteiger partial charge is 0.326 e. The minimum absolute atomic E-state index is 0.508. The van der Waals surface area contributed by atoms with Crippen molar-refractivity contribution in [2.24, 2.45) is 5.73 Å². The first-order chi connectivity index (χ1) is 9.36. The molecule has 3 rings (SSSR count). The Morgan fingerprint density at radius 1 is 1.00 bits per heavy atom. The fourth-order valence-corrected chi connectivity index (χ4v) is 2.57. The van der Waals surface area contributed by atoms with Crippen LogP contribution in [0.3, 0.4) is 0 Å². The van der Waals surface area contributed by atoms with Crippen LogP contribution in [-0.4, -0.2) is 15.0 Å². The van der Waals surface area contributed by atoms with E-state index in [1.165, 1.54) is 11.8 Å². The van der Waals surface area contributed by atoms with Gasteiger partial charge >= 0.3 is 0 Å². The summed E-state index contributed by atoms with van der Waals surface area (Å²) in [6.45, 7) is 0.508. The van der Waals surface area contributed by atoms with Crippen molar-refractivity contribution in [1.82, 2.24) is 15.0 Å². The second-order valence-electron chi connectivity index (χ2n) is 4.01. The van der Waals surface area contributed by atoms with Crippen molar-refractivity contribution in [2.75, 3.05) is 0 Å². The molecule has 94 valence electrons. The number of aromatic nitrogens is 3. The van der Waals surface area contributed by atoms with Crippen LogP contribution in [0.4, 0.5) is 0 Å². The van der Waals surface area contributed by atoms with Crippen molar-refractivity contribution in [3.05, 3.63) is 54.5 Å². The highest BCUT2D eigenvalue weighted by atomic mass is 32.2. The van der Waals surface area contributed by atoms with Crippen LogP contribution in [0.5, 0.6) is 0 Å². The zero-order valence-corrected chi connectivity index (χ0v) is 11.0. The molecule has 0 fully saturated rings. The maximum atomic E-state index is 5.56. The van der Waals surface area contributed by atoms with Crippen LogP contribution >= 0.6 is 11.8 Å². The Morgan fingerprint density at radius 3 is 2.68 bits per heavy atom. The first-order valence-electron chi connectivity index (χ1n) is 5.89. The number of rotatable bonds is 3. The second kappa shape index (κ2) is 5.34. The minimum Gasteiger partial charge on any atom is -0.326 e. The average molecular weight is 268 g/mol. The molecule has 0 saturated heterocycles. The van der Waals surface area contributed by atoms with E-state index in [9.17, 15) is 0 Å². The van der Waals surface area contributed by atoms with Gasteiger partial charge in [0.2, 0.25) is 0 Å². The molecule has 3 aromatic rings. The van der Waals surface area contributed by atoms with Crippen molar-refractivity contribution >= 4 is 22.7 Å². The van der Waals surface area contributed by atoms with Gasteiger partial charge in [0.25, 0.3) is 0 Å². The van der Waals surface area contributed by atoms with E-state index in [0.717, 1.165) is 26.5 Å². The maximum absolute atomic E-state index is 5.56. The molecule has 0 aliphatic rings. The molecule has 0 saturated carbocycles. The van der Waals surface area contributed by atoms with Crippen molar-refractivity contribution < 1.29 is 0 Å². The first kappa shape index (κ1) is 12.1. The molecule has 19 heavy (non-hydrogen) atoms. The lowest BCUT2D eigenvalue weighted by molar-refractivity contribution is 1.01. The molecular formula is C14H12N4S. The quantitative estimate of drug-likeness (QED) is 0.740. The summed E-state index contributed by atoms with van der Waals surface area (Å²) in [5.74, 6) is 0.